The number of aromatic nitrogens is 4. The standard InChI is InChI=1S/C21H32N6O.ClH/c1-2-7-20(21-22-23-24-27(21)17-19-10-6-15-28-19)26-13-11-25(12-14-26)16-18-8-4-3-5-9-18;/h3-5,8-9,19-20H,2,6-7,10-17H2,1H3;1H. The molecule has 0 bridgehead atoms. The van der Waals surface area contributed by atoms with Crippen molar-refractivity contribution >= 4 is 12.4 Å². The number of ether oxygens (including phenoxy) is 1. The summed E-state index contributed by atoms with van der Waals surface area (Å²) in [6.45, 7) is 9.20. The van der Waals surface area contributed by atoms with E-state index in [1.54, 1.807) is 0 Å². The molecule has 2 aliphatic rings. The fraction of sp³-hybridized carbons (Fsp3) is 0.667. The van der Waals surface area contributed by atoms with E-state index in [2.05, 4.69) is 62.6 Å². The summed E-state index contributed by atoms with van der Waals surface area (Å²) in [7, 11) is 0. The van der Waals surface area contributed by atoms with Gasteiger partial charge >= 0.3 is 0 Å². The Morgan fingerprint density at radius 3 is 2.62 bits per heavy atom. The molecule has 1 aromatic heterocycles. The van der Waals surface area contributed by atoms with E-state index in [4.69, 9.17) is 4.74 Å². The second-order valence-electron chi connectivity index (χ2n) is 7.96. The smallest absolute Gasteiger partial charge is 0.168 e. The predicted octanol–water partition coefficient (Wildman–Crippen LogP) is 2.93. The van der Waals surface area contributed by atoms with Gasteiger partial charge in [-0.25, -0.2) is 4.68 Å². The van der Waals surface area contributed by atoms with Crippen molar-refractivity contribution in [2.24, 2.45) is 0 Å². The fourth-order valence-corrected chi connectivity index (χ4v) is 4.38. The molecule has 0 N–H and O–H groups in total. The van der Waals surface area contributed by atoms with Crippen LogP contribution in [0.1, 0.15) is 50.0 Å². The summed E-state index contributed by atoms with van der Waals surface area (Å²) in [5.74, 6) is 1.01. The number of hydrogen-bond donors (Lipinski definition) is 0. The zero-order valence-corrected chi connectivity index (χ0v) is 18.1. The molecule has 160 valence electrons. The number of piperazine rings is 1. The molecule has 2 unspecified atom stereocenters. The van der Waals surface area contributed by atoms with Gasteiger partial charge in [0.25, 0.3) is 0 Å². The lowest BCUT2D eigenvalue weighted by Crippen LogP contribution is -2.47. The van der Waals surface area contributed by atoms with Gasteiger partial charge in [-0.15, -0.1) is 17.5 Å². The van der Waals surface area contributed by atoms with Crippen LogP contribution in [0.15, 0.2) is 30.3 Å². The van der Waals surface area contributed by atoms with Crippen molar-refractivity contribution in [2.75, 3.05) is 32.8 Å². The van der Waals surface area contributed by atoms with Crippen molar-refractivity contribution in [1.82, 2.24) is 30.0 Å². The minimum Gasteiger partial charge on any atom is -0.376 e. The van der Waals surface area contributed by atoms with Crippen LogP contribution in [-0.2, 0) is 17.8 Å². The third-order valence-electron chi connectivity index (χ3n) is 5.92. The van der Waals surface area contributed by atoms with Gasteiger partial charge in [-0.05, 0) is 35.3 Å². The first-order chi connectivity index (χ1) is 13.8. The number of hydrogen-bond acceptors (Lipinski definition) is 6. The van der Waals surface area contributed by atoms with Crippen LogP contribution in [0.2, 0.25) is 0 Å². The van der Waals surface area contributed by atoms with Gasteiger partial charge in [0.1, 0.15) is 0 Å². The molecule has 0 amide bonds. The van der Waals surface area contributed by atoms with E-state index in [1.807, 2.05) is 4.68 Å². The average Bonchev–Trinajstić information content (AvgIpc) is 3.40. The van der Waals surface area contributed by atoms with Gasteiger partial charge in [0.15, 0.2) is 5.82 Å². The van der Waals surface area contributed by atoms with E-state index in [-0.39, 0.29) is 18.5 Å². The molecule has 1 aromatic carbocycles. The maximum atomic E-state index is 5.80. The van der Waals surface area contributed by atoms with E-state index >= 15 is 0 Å². The zero-order valence-electron chi connectivity index (χ0n) is 17.3. The third-order valence-corrected chi connectivity index (χ3v) is 5.92. The highest BCUT2D eigenvalue weighted by molar-refractivity contribution is 5.85. The molecule has 2 fully saturated rings. The number of rotatable bonds is 8. The molecule has 2 atom stereocenters. The quantitative estimate of drug-likeness (QED) is 0.654. The summed E-state index contributed by atoms with van der Waals surface area (Å²) in [5, 5.41) is 12.7. The lowest BCUT2D eigenvalue weighted by Gasteiger charge is -2.38. The maximum absolute atomic E-state index is 5.80. The molecule has 0 aliphatic carbocycles. The summed E-state index contributed by atoms with van der Waals surface area (Å²) in [6.07, 6.45) is 4.72. The summed E-state index contributed by atoms with van der Waals surface area (Å²) in [6, 6.07) is 11.0. The summed E-state index contributed by atoms with van der Waals surface area (Å²) in [4.78, 5) is 5.12. The highest BCUT2D eigenvalue weighted by Crippen LogP contribution is 2.26. The third kappa shape index (κ3) is 5.75. The normalized spacial score (nSPS) is 21.8. The Bertz CT molecular complexity index is 713. The van der Waals surface area contributed by atoms with Gasteiger partial charge in [-0.1, -0.05) is 43.7 Å². The lowest BCUT2D eigenvalue weighted by atomic mass is 10.1. The monoisotopic (exact) mass is 420 g/mol. The highest BCUT2D eigenvalue weighted by atomic mass is 35.5. The molecule has 2 aromatic rings. The first-order valence-corrected chi connectivity index (χ1v) is 10.7. The van der Waals surface area contributed by atoms with Gasteiger partial charge in [0.2, 0.25) is 0 Å². The molecular formula is C21H33ClN6O. The van der Waals surface area contributed by atoms with Crippen LogP contribution >= 0.6 is 12.4 Å². The SMILES string of the molecule is CCCC(c1nnnn1CC1CCCO1)N1CCN(Cc2ccccc2)CC1.Cl. The minimum absolute atomic E-state index is 0. The number of benzene rings is 1. The molecule has 2 aliphatic heterocycles. The summed E-state index contributed by atoms with van der Waals surface area (Å²) >= 11 is 0. The molecule has 8 heteroatoms. The van der Waals surface area contributed by atoms with E-state index in [0.29, 0.717) is 6.04 Å². The molecule has 0 spiro atoms. The molecule has 7 nitrogen and oxygen atoms in total. The molecule has 29 heavy (non-hydrogen) atoms. The minimum atomic E-state index is 0. The Labute approximate surface area is 179 Å². The number of nitrogens with zero attached hydrogens (tertiary/aromatic N) is 6. The van der Waals surface area contributed by atoms with Gasteiger partial charge in [-0.3, -0.25) is 9.80 Å². The number of tetrazole rings is 1. The summed E-state index contributed by atoms with van der Waals surface area (Å²) < 4.78 is 7.79. The van der Waals surface area contributed by atoms with Gasteiger partial charge in [0, 0.05) is 39.3 Å². The lowest BCUT2D eigenvalue weighted by molar-refractivity contribution is 0.0735. The van der Waals surface area contributed by atoms with E-state index in [9.17, 15) is 0 Å². The molecule has 0 saturated carbocycles. The Balaban J connectivity index is 0.00000240. The van der Waals surface area contributed by atoms with Crippen LogP contribution in [0.25, 0.3) is 0 Å². The topological polar surface area (TPSA) is 59.3 Å². The summed E-state index contributed by atoms with van der Waals surface area (Å²) in [5.41, 5.74) is 1.39. The van der Waals surface area contributed by atoms with Crippen molar-refractivity contribution in [3.63, 3.8) is 0 Å². The van der Waals surface area contributed by atoms with Crippen LogP contribution < -0.4 is 0 Å². The Morgan fingerprint density at radius 2 is 1.93 bits per heavy atom. The fourth-order valence-electron chi connectivity index (χ4n) is 4.38. The van der Waals surface area contributed by atoms with Gasteiger partial charge in [-0.2, -0.15) is 0 Å². The predicted molar refractivity (Wildman–Crippen MR) is 115 cm³/mol. The Hall–Kier alpha value is -1.54. The molecule has 3 heterocycles. The van der Waals surface area contributed by atoms with Crippen molar-refractivity contribution in [3.05, 3.63) is 41.7 Å². The van der Waals surface area contributed by atoms with Crippen LogP contribution in [0, 0.1) is 0 Å². The molecule has 0 radical (unpaired) electrons. The van der Waals surface area contributed by atoms with Gasteiger partial charge in [0.05, 0.1) is 18.7 Å². The van der Waals surface area contributed by atoms with Crippen molar-refractivity contribution in [1.29, 1.82) is 0 Å². The maximum Gasteiger partial charge on any atom is 0.168 e. The molecular weight excluding hydrogens is 388 g/mol. The van der Waals surface area contributed by atoms with Gasteiger partial charge < -0.3 is 4.74 Å². The largest absolute Gasteiger partial charge is 0.376 e. The van der Waals surface area contributed by atoms with E-state index in [0.717, 1.165) is 77.4 Å². The second kappa shape index (κ2) is 11.0. The molecule has 2 saturated heterocycles. The molecule has 4 rings (SSSR count). The Kier molecular flexibility index (Phi) is 8.41. The second-order valence-corrected chi connectivity index (χ2v) is 7.96. The zero-order chi connectivity index (χ0) is 19.2. The van der Waals surface area contributed by atoms with Crippen LogP contribution in [0.5, 0.6) is 0 Å². The number of halogens is 1. The Morgan fingerprint density at radius 1 is 1.14 bits per heavy atom. The first kappa shape index (κ1) is 22.2. The van der Waals surface area contributed by atoms with E-state index < -0.39 is 0 Å². The highest BCUT2D eigenvalue weighted by Gasteiger charge is 2.29. The average molecular weight is 421 g/mol. The van der Waals surface area contributed by atoms with E-state index in [1.165, 1.54) is 5.56 Å². The van der Waals surface area contributed by atoms with Crippen LogP contribution in [-0.4, -0.2) is 68.9 Å². The van der Waals surface area contributed by atoms with Crippen LogP contribution in [0.4, 0.5) is 0 Å². The van der Waals surface area contributed by atoms with Crippen molar-refractivity contribution in [3.8, 4) is 0 Å². The van der Waals surface area contributed by atoms with Crippen LogP contribution in [0.3, 0.4) is 0 Å². The van der Waals surface area contributed by atoms with Crippen molar-refractivity contribution in [2.45, 2.75) is 57.8 Å². The first-order valence-electron chi connectivity index (χ1n) is 10.7. The van der Waals surface area contributed by atoms with Crippen molar-refractivity contribution < 1.29 is 4.74 Å².